The molecule has 2 aliphatic heterocycles. The number of nitrogens with zero attached hydrogens (tertiary/aromatic N) is 3. The fraction of sp³-hybridized carbons (Fsp3) is 0.560. The van der Waals surface area contributed by atoms with Gasteiger partial charge in [0.15, 0.2) is 0 Å². The highest BCUT2D eigenvalue weighted by Gasteiger charge is 2.36. The lowest BCUT2D eigenvalue weighted by Gasteiger charge is -2.36. The third-order valence-electron chi connectivity index (χ3n) is 6.94. The summed E-state index contributed by atoms with van der Waals surface area (Å²) in [6.45, 7) is 9.84. The lowest BCUT2D eigenvalue weighted by molar-refractivity contribution is -0.140. The second-order valence-corrected chi connectivity index (χ2v) is 11.2. The zero-order valence-electron chi connectivity index (χ0n) is 20.1. The topological polar surface area (TPSA) is 71.8 Å². The van der Waals surface area contributed by atoms with Crippen LogP contribution in [0.5, 0.6) is 0 Å². The maximum atomic E-state index is 13.6. The van der Waals surface area contributed by atoms with Gasteiger partial charge in [-0.3, -0.25) is 4.79 Å². The molecule has 33 heavy (non-hydrogen) atoms. The Labute approximate surface area is 197 Å². The van der Waals surface area contributed by atoms with Crippen molar-refractivity contribution in [3.05, 3.63) is 52.8 Å². The fourth-order valence-electron chi connectivity index (χ4n) is 5.43. The summed E-state index contributed by atoms with van der Waals surface area (Å²) in [4.78, 5) is 15.1. The predicted molar refractivity (Wildman–Crippen MR) is 128 cm³/mol. The number of ether oxygens (including phenoxy) is 1. The molecule has 1 saturated heterocycles. The standard InChI is InChI=1S/C25H35N3O4S/c1-18-14-19(2)25(20(3)15-18)33(30,31)28-11-6-5-8-22(28)16-32-17-24(29)27-13-12-26-10-7-9-23(26)21(27)4/h7,9-10,14-15,21-22H,5-6,8,11-13,16-17H2,1-4H3. The van der Waals surface area contributed by atoms with Gasteiger partial charge < -0.3 is 14.2 Å². The highest BCUT2D eigenvalue weighted by Crippen LogP contribution is 2.30. The van der Waals surface area contributed by atoms with Crippen LogP contribution < -0.4 is 0 Å². The number of hydrogen-bond acceptors (Lipinski definition) is 4. The maximum absolute atomic E-state index is 13.6. The molecular formula is C25H35N3O4S. The van der Waals surface area contributed by atoms with Crippen LogP contribution in [-0.4, -0.2) is 60.4 Å². The number of fused-ring (bicyclic) bond motifs is 1. The van der Waals surface area contributed by atoms with Crippen LogP contribution in [0.15, 0.2) is 35.4 Å². The second kappa shape index (κ2) is 9.60. The number of carbonyl (C=O) groups is 1. The molecule has 2 unspecified atom stereocenters. The van der Waals surface area contributed by atoms with Crippen molar-refractivity contribution in [1.82, 2.24) is 13.8 Å². The number of amides is 1. The molecule has 3 heterocycles. The summed E-state index contributed by atoms with van der Waals surface area (Å²) in [5, 5.41) is 0. The van der Waals surface area contributed by atoms with Crippen molar-refractivity contribution in [2.24, 2.45) is 0 Å². The summed E-state index contributed by atoms with van der Waals surface area (Å²) in [6, 6.07) is 7.64. The highest BCUT2D eigenvalue weighted by atomic mass is 32.2. The van der Waals surface area contributed by atoms with Crippen molar-refractivity contribution in [3.8, 4) is 0 Å². The van der Waals surface area contributed by atoms with Gasteiger partial charge in [-0.1, -0.05) is 24.1 Å². The molecule has 0 spiro atoms. The van der Waals surface area contributed by atoms with Crippen LogP contribution in [0.25, 0.3) is 0 Å². The van der Waals surface area contributed by atoms with Crippen LogP contribution >= 0.6 is 0 Å². The molecule has 0 N–H and O–H groups in total. The van der Waals surface area contributed by atoms with Crippen molar-refractivity contribution < 1.29 is 17.9 Å². The first-order chi connectivity index (χ1) is 15.7. The van der Waals surface area contributed by atoms with Crippen molar-refractivity contribution in [2.75, 3.05) is 26.3 Å². The minimum absolute atomic E-state index is 0.00361. The molecule has 180 valence electrons. The molecular weight excluding hydrogens is 438 g/mol. The summed E-state index contributed by atoms with van der Waals surface area (Å²) >= 11 is 0. The molecule has 0 aliphatic carbocycles. The van der Waals surface area contributed by atoms with Gasteiger partial charge in [-0.05, 0) is 63.8 Å². The molecule has 1 amide bonds. The molecule has 0 bridgehead atoms. The van der Waals surface area contributed by atoms with Gasteiger partial charge in [0.05, 0.1) is 17.5 Å². The van der Waals surface area contributed by atoms with Crippen LogP contribution in [0, 0.1) is 20.8 Å². The lowest BCUT2D eigenvalue weighted by Crippen LogP contribution is -2.47. The third kappa shape index (κ3) is 4.74. The number of rotatable bonds is 6. The van der Waals surface area contributed by atoms with E-state index in [0.29, 0.717) is 18.0 Å². The smallest absolute Gasteiger partial charge is 0.249 e. The Kier molecular flexibility index (Phi) is 6.98. The first-order valence-electron chi connectivity index (χ1n) is 11.8. The monoisotopic (exact) mass is 473 g/mol. The van der Waals surface area contributed by atoms with E-state index in [4.69, 9.17) is 4.74 Å². The molecule has 0 radical (unpaired) electrons. The van der Waals surface area contributed by atoms with E-state index in [1.807, 2.05) is 63.1 Å². The Morgan fingerprint density at radius 3 is 2.55 bits per heavy atom. The first kappa shape index (κ1) is 24.0. The fourth-order valence-corrected chi connectivity index (χ4v) is 7.53. The van der Waals surface area contributed by atoms with Gasteiger partial charge in [0.2, 0.25) is 15.9 Å². The predicted octanol–water partition coefficient (Wildman–Crippen LogP) is 3.58. The average Bonchev–Trinajstić information content (AvgIpc) is 3.23. The number of aryl methyl sites for hydroxylation is 3. The molecule has 2 aliphatic rings. The lowest BCUT2D eigenvalue weighted by atomic mass is 10.1. The van der Waals surface area contributed by atoms with E-state index >= 15 is 0 Å². The molecule has 0 saturated carbocycles. The van der Waals surface area contributed by atoms with E-state index in [0.717, 1.165) is 48.2 Å². The number of sulfonamides is 1. The summed E-state index contributed by atoms with van der Waals surface area (Å²) < 4.78 is 36.9. The Morgan fingerprint density at radius 1 is 1.09 bits per heavy atom. The minimum Gasteiger partial charge on any atom is -0.370 e. The number of carbonyl (C=O) groups excluding carboxylic acids is 1. The van der Waals surface area contributed by atoms with Crippen LogP contribution in [0.4, 0.5) is 0 Å². The largest absolute Gasteiger partial charge is 0.370 e. The average molecular weight is 474 g/mol. The zero-order valence-corrected chi connectivity index (χ0v) is 20.9. The Balaban J connectivity index is 1.42. The Bertz CT molecular complexity index is 1100. The summed E-state index contributed by atoms with van der Waals surface area (Å²) in [5.74, 6) is -0.0506. The molecule has 1 aromatic carbocycles. The molecule has 1 fully saturated rings. The van der Waals surface area contributed by atoms with E-state index in [-0.39, 0.29) is 31.2 Å². The minimum atomic E-state index is -3.64. The molecule has 4 rings (SSSR count). The van der Waals surface area contributed by atoms with E-state index in [2.05, 4.69) is 4.57 Å². The number of hydrogen-bond donors (Lipinski definition) is 0. The first-order valence-corrected chi connectivity index (χ1v) is 13.3. The van der Waals surface area contributed by atoms with Crippen molar-refractivity contribution >= 4 is 15.9 Å². The van der Waals surface area contributed by atoms with Gasteiger partial charge in [0, 0.05) is 37.6 Å². The van der Waals surface area contributed by atoms with Gasteiger partial charge in [-0.2, -0.15) is 4.31 Å². The number of piperidine rings is 1. The van der Waals surface area contributed by atoms with E-state index < -0.39 is 10.0 Å². The van der Waals surface area contributed by atoms with Crippen LogP contribution in [-0.2, 0) is 26.1 Å². The quantitative estimate of drug-likeness (QED) is 0.643. The van der Waals surface area contributed by atoms with Gasteiger partial charge in [0.1, 0.15) is 6.61 Å². The van der Waals surface area contributed by atoms with Gasteiger partial charge >= 0.3 is 0 Å². The van der Waals surface area contributed by atoms with Crippen LogP contribution in [0.3, 0.4) is 0 Å². The van der Waals surface area contributed by atoms with Gasteiger partial charge in [-0.25, -0.2) is 8.42 Å². The third-order valence-corrected chi connectivity index (χ3v) is 9.20. The van der Waals surface area contributed by atoms with Gasteiger partial charge in [0.25, 0.3) is 0 Å². The Morgan fingerprint density at radius 2 is 1.82 bits per heavy atom. The second-order valence-electron chi connectivity index (χ2n) is 9.40. The van der Waals surface area contributed by atoms with Crippen molar-refractivity contribution in [2.45, 2.75) is 70.5 Å². The summed E-state index contributed by atoms with van der Waals surface area (Å²) in [6.07, 6.45) is 4.58. The molecule has 1 aromatic heterocycles. The SMILES string of the molecule is Cc1cc(C)c(S(=O)(=O)N2CCCCC2COCC(=O)N2CCn3cccc3C2C)c(C)c1. The highest BCUT2D eigenvalue weighted by molar-refractivity contribution is 7.89. The molecule has 2 atom stereocenters. The molecule has 7 nitrogen and oxygen atoms in total. The zero-order chi connectivity index (χ0) is 23.8. The van der Waals surface area contributed by atoms with Crippen LogP contribution in [0.1, 0.15) is 54.6 Å². The maximum Gasteiger partial charge on any atom is 0.249 e. The van der Waals surface area contributed by atoms with Gasteiger partial charge in [-0.15, -0.1) is 0 Å². The van der Waals surface area contributed by atoms with E-state index in [1.54, 1.807) is 4.31 Å². The molecule has 2 aromatic rings. The summed E-state index contributed by atoms with van der Waals surface area (Å²) in [5.41, 5.74) is 3.73. The number of benzene rings is 1. The normalized spacial score (nSPS) is 21.8. The van der Waals surface area contributed by atoms with E-state index in [1.165, 1.54) is 0 Å². The molecule has 8 heteroatoms. The summed E-state index contributed by atoms with van der Waals surface area (Å²) in [7, 11) is -3.64. The van der Waals surface area contributed by atoms with Crippen molar-refractivity contribution in [3.63, 3.8) is 0 Å². The Hall–Kier alpha value is -2.16. The number of aromatic nitrogens is 1. The van der Waals surface area contributed by atoms with E-state index in [9.17, 15) is 13.2 Å². The van der Waals surface area contributed by atoms with Crippen LogP contribution in [0.2, 0.25) is 0 Å². The van der Waals surface area contributed by atoms with Crippen molar-refractivity contribution in [1.29, 1.82) is 0 Å².